The predicted octanol–water partition coefficient (Wildman–Crippen LogP) is 15.3. The van der Waals surface area contributed by atoms with Crippen molar-refractivity contribution in [1.29, 1.82) is 0 Å². The topological polar surface area (TPSA) is 307 Å². The number of hydrogen-bond donors (Lipinski definition) is 12. The van der Waals surface area contributed by atoms with E-state index in [4.69, 9.17) is 28.4 Å². The quantitative estimate of drug-likeness (QED) is 0.0199. The van der Waals surface area contributed by atoms with Crippen LogP contribution in [0.15, 0.2) is 24.3 Å². The first kappa shape index (κ1) is 95.5. The summed E-state index contributed by atoms with van der Waals surface area (Å²) in [6.07, 6.45) is 53.3. The SMILES string of the molecule is CCCCCCCCCC/C=C\CCCCCCCCCCCCCCCCCCCCCCCCCCCC(=O)NC(COC1OC(CO)C(OC2OC(CO)C(OC3OC(CO)C(O)C(O)C3O)C(O)C2O)C(O)C1O)C(O)/C=C/CCCCCCCCCCCCCCCCCCCCC. The molecule has 0 aliphatic carbocycles. The molecule has 0 aromatic rings. The van der Waals surface area contributed by atoms with Gasteiger partial charge in [0.2, 0.25) is 5.91 Å². The van der Waals surface area contributed by atoms with Crippen LogP contribution in [0.2, 0.25) is 0 Å². The van der Waals surface area contributed by atoms with Crippen LogP contribution < -0.4 is 5.32 Å². The summed E-state index contributed by atoms with van der Waals surface area (Å²) in [5, 5.41) is 121. The molecule has 3 heterocycles. The fraction of sp³-hybridized carbons (Fsp3) is 0.940. The molecule has 0 spiro atoms. The van der Waals surface area contributed by atoms with Gasteiger partial charge in [0, 0.05) is 6.42 Å². The second kappa shape index (κ2) is 65.0. The summed E-state index contributed by atoms with van der Waals surface area (Å²) in [5.41, 5.74) is 0. The molecule has 3 aliphatic rings. The fourth-order valence-corrected chi connectivity index (χ4v) is 14.8. The van der Waals surface area contributed by atoms with Gasteiger partial charge in [-0.05, 0) is 44.9 Å². The van der Waals surface area contributed by atoms with E-state index in [0.29, 0.717) is 6.42 Å². The maximum absolute atomic E-state index is 13.5. The van der Waals surface area contributed by atoms with Gasteiger partial charge in [0.25, 0.3) is 0 Å². The Balaban J connectivity index is 1.31. The third kappa shape index (κ3) is 44.6. The van der Waals surface area contributed by atoms with Gasteiger partial charge in [-0.1, -0.05) is 346 Å². The monoisotopic (exact) mass is 1470 g/mol. The van der Waals surface area contributed by atoms with E-state index in [1.54, 1.807) is 6.08 Å². The highest BCUT2D eigenvalue weighted by Gasteiger charge is 2.54. The van der Waals surface area contributed by atoms with Crippen molar-refractivity contribution in [2.75, 3.05) is 26.4 Å². The summed E-state index contributed by atoms with van der Waals surface area (Å²) in [7, 11) is 0. The lowest BCUT2D eigenvalue weighted by molar-refractivity contribution is -0.379. The number of hydrogen-bond acceptors (Lipinski definition) is 18. The summed E-state index contributed by atoms with van der Waals surface area (Å²) in [6.45, 7) is 1.80. The Labute approximate surface area is 626 Å². The summed E-state index contributed by atoms with van der Waals surface area (Å²) >= 11 is 0. The Morgan fingerprint density at radius 2 is 0.612 bits per heavy atom. The van der Waals surface area contributed by atoms with Crippen molar-refractivity contribution in [1.82, 2.24) is 5.32 Å². The standard InChI is InChI=1S/C84H159NO18/c1-3-5-7-9-11-13-15-17-19-21-23-25-26-27-28-29-30-31-32-33-34-35-36-37-38-39-40-42-44-46-48-50-52-54-56-58-60-62-72(90)85-67(68(89)61-59-57-55-53-51-49-47-45-43-41-24-22-20-18-16-14-12-10-8-6-4-2)66-98-82-78(96)75(93)80(70(64-87)100-82)103-84-79(97)76(94)81(71(65-88)101-84)102-83-77(95)74(92)73(91)69(63-86)99-83/h21,23,59,61,67-71,73-84,86-89,91-97H,3-20,22,24-58,60,62-66H2,1-2H3,(H,85,90)/b23-21-,61-59+. The van der Waals surface area contributed by atoms with E-state index in [-0.39, 0.29) is 18.9 Å². The molecule has 3 rings (SSSR count). The second-order valence-corrected chi connectivity index (χ2v) is 31.0. The molecule has 0 aromatic heterocycles. The van der Waals surface area contributed by atoms with Crippen molar-refractivity contribution in [2.45, 2.75) is 478 Å². The van der Waals surface area contributed by atoms with Crippen LogP contribution in [0.5, 0.6) is 0 Å². The van der Waals surface area contributed by atoms with Gasteiger partial charge in [0.15, 0.2) is 18.9 Å². The lowest BCUT2D eigenvalue weighted by Gasteiger charge is -2.48. The van der Waals surface area contributed by atoms with Crippen LogP contribution in [-0.2, 0) is 33.2 Å². The summed E-state index contributed by atoms with van der Waals surface area (Å²) < 4.78 is 34.5. The van der Waals surface area contributed by atoms with Gasteiger partial charge in [-0.2, -0.15) is 0 Å². The lowest BCUT2D eigenvalue weighted by atomic mass is 9.96. The molecular weight excluding hydrogens is 1310 g/mol. The van der Waals surface area contributed by atoms with E-state index >= 15 is 0 Å². The van der Waals surface area contributed by atoms with E-state index < -0.39 is 124 Å². The van der Waals surface area contributed by atoms with Crippen molar-refractivity contribution in [3.05, 3.63) is 24.3 Å². The molecular formula is C84H159NO18. The first-order chi connectivity index (χ1) is 50.3. The average Bonchev–Trinajstić information content (AvgIpc) is 0.781. The zero-order valence-electron chi connectivity index (χ0n) is 65.3. The number of aliphatic hydroxyl groups excluding tert-OH is 11. The Morgan fingerprint density at radius 3 is 0.942 bits per heavy atom. The molecule has 1 amide bonds. The van der Waals surface area contributed by atoms with Crippen LogP contribution in [0.3, 0.4) is 0 Å². The maximum atomic E-state index is 13.5. The number of carbonyl (C=O) groups excluding carboxylic acids is 1. The zero-order valence-corrected chi connectivity index (χ0v) is 65.3. The minimum Gasteiger partial charge on any atom is -0.394 e. The highest BCUT2D eigenvalue weighted by atomic mass is 16.8. The first-order valence-corrected chi connectivity index (χ1v) is 43.1. The largest absolute Gasteiger partial charge is 0.394 e. The van der Waals surface area contributed by atoms with Gasteiger partial charge >= 0.3 is 0 Å². The minimum absolute atomic E-state index is 0.249. The molecule has 17 unspecified atom stereocenters. The van der Waals surface area contributed by atoms with E-state index in [0.717, 1.165) is 44.9 Å². The Kier molecular flexibility index (Phi) is 60.3. The summed E-state index contributed by atoms with van der Waals surface area (Å²) in [5.74, 6) is -0.267. The van der Waals surface area contributed by atoms with Crippen LogP contribution in [0.4, 0.5) is 0 Å². The van der Waals surface area contributed by atoms with Crippen LogP contribution in [0.25, 0.3) is 0 Å². The van der Waals surface area contributed by atoms with Crippen LogP contribution in [-0.4, -0.2) is 193 Å². The zero-order chi connectivity index (χ0) is 74.6. The number of nitrogens with one attached hydrogen (secondary N) is 1. The molecule has 3 fully saturated rings. The molecule has 3 aliphatic heterocycles. The maximum Gasteiger partial charge on any atom is 0.220 e. The van der Waals surface area contributed by atoms with Gasteiger partial charge in [0.05, 0.1) is 38.6 Å². The Hall–Kier alpha value is -1.73. The third-order valence-corrected chi connectivity index (χ3v) is 21.7. The molecule has 0 aromatic carbocycles. The van der Waals surface area contributed by atoms with E-state index in [2.05, 4.69) is 31.3 Å². The minimum atomic E-state index is -1.98. The molecule has 0 saturated carbocycles. The third-order valence-electron chi connectivity index (χ3n) is 21.7. The number of amides is 1. The van der Waals surface area contributed by atoms with Gasteiger partial charge < -0.3 is 89.9 Å². The highest BCUT2D eigenvalue weighted by molar-refractivity contribution is 5.76. The van der Waals surface area contributed by atoms with Gasteiger partial charge in [-0.15, -0.1) is 0 Å². The van der Waals surface area contributed by atoms with E-state index in [9.17, 15) is 61.0 Å². The molecule has 3 saturated heterocycles. The molecule has 19 heteroatoms. The molecule has 12 N–H and O–H groups in total. The number of carbonyl (C=O) groups is 1. The second-order valence-electron chi connectivity index (χ2n) is 31.0. The van der Waals surface area contributed by atoms with Crippen LogP contribution in [0, 0.1) is 0 Å². The fourth-order valence-electron chi connectivity index (χ4n) is 14.8. The van der Waals surface area contributed by atoms with Crippen molar-refractivity contribution >= 4 is 5.91 Å². The van der Waals surface area contributed by atoms with Crippen molar-refractivity contribution < 1.29 is 89.4 Å². The molecule has 103 heavy (non-hydrogen) atoms. The summed E-state index contributed by atoms with van der Waals surface area (Å²) in [6, 6.07) is -0.971. The van der Waals surface area contributed by atoms with Crippen LogP contribution in [0.1, 0.15) is 373 Å². The molecule has 0 radical (unpaired) electrons. The molecule has 19 nitrogen and oxygen atoms in total. The Morgan fingerprint density at radius 1 is 0.340 bits per heavy atom. The number of rotatable bonds is 70. The highest BCUT2D eigenvalue weighted by Crippen LogP contribution is 2.33. The first-order valence-electron chi connectivity index (χ1n) is 43.1. The molecule has 608 valence electrons. The van der Waals surface area contributed by atoms with Crippen molar-refractivity contribution in [3.63, 3.8) is 0 Å². The summed E-state index contributed by atoms with van der Waals surface area (Å²) in [4.78, 5) is 13.5. The van der Waals surface area contributed by atoms with Gasteiger partial charge in [-0.3, -0.25) is 4.79 Å². The normalized spacial score (nSPS) is 26.1. The Bertz CT molecular complexity index is 1950. The average molecular weight is 1470 g/mol. The number of ether oxygens (including phenoxy) is 6. The smallest absolute Gasteiger partial charge is 0.220 e. The predicted molar refractivity (Wildman–Crippen MR) is 411 cm³/mol. The van der Waals surface area contributed by atoms with E-state index in [1.165, 1.54) is 302 Å². The van der Waals surface area contributed by atoms with Gasteiger partial charge in [-0.25, -0.2) is 0 Å². The molecule has 17 atom stereocenters. The van der Waals surface area contributed by atoms with E-state index in [1.807, 2.05) is 6.08 Å². The lowest BCUT2D eigenvalue weighted by Crippen LogP contribution is -2.66. The van der Waals surface area contributed by atoms with Crippen molar-refractivity contribution in [2.24, 2.45) is 0 Å². The number of unbranched alkanes of at least 4 members (excludes halogenated alkanes) is 52. The van der Waals surface area contributed by atoms with Crippen molar-refractivity contribution in [3.8, 4) is 0 Å². The number of allylic oxidation sites excluding steroid dienone is 3. The number of aliphatic hydroxyl groups is 11. The molecule has 0 bridgehead atoms. The van der Waals surface area contributed by atoms with Gasteiger partial charge in [0.1, 0.15) is 73.2 Å². The van der Waals surface area contributed by atoms with Crippen LogP contribution >= 0.6 is 0 Å².